The number of nitrogens with one attached hydrogen (secondary N) is 2. The Balaban J connectivity index is 1.55. The van der Waals surface area contributed by atoms with E-state index >= 15 is 0 Å². The Morgan fingerprint density at radius 3 is 2.21 bits per heavy atom. The Morgan fingerprint density at radius 1 is 0.895 bits per heavy atom. The van der Waals surface area contributed by atoms with Gasteiger partial charge in [-0.2, -0.15) is 0 Å². The number of hydrogen-bond donors (Lipinski definition) is 2. The molecule has 0 bridgehead atoms. The Morgan fingerprint density at radius 2 is 1.58 bits per heavy atom. The number of amides is 2. The van der Waals surface area contributed by atoms with E-state index in [0.29, 0.717) is 19.7 Å². The average Bonchev–Trinajstić information content (AvgIpc) is 2.98. The second-order valence-electron chi connectivity index (χ2n) is 5.42. The topological polar surface area (TPSA) is 67.4 Å². The van der Waals surface area contributed by atoms with Gasteiger partial charge in [-0.3, -0.25) is 9.59 Å². The van der Waals surface area contributed by atoms with E-state index in [1.54, 1.807) is 0 Å². The molecule has 108 valence electrons. The Kier molecular flexibility index (Phi) is 5.63. The van der Waals surface area contributed by atoms with Crippen molar-refractivity contribution < 1.29 is 14.3 Å². The molecule has 1 saturated heterocycles. The minimum absolute atomic E-state index is 0.0515. The molecule has 0 aromatic heterocycles. The van der Waals surface area contributed by atoms with E-state index in [0.717, 1.165) is 38.5 Å². The van der Waals surface area contributed by atoms with Gasteiger partial charge in [0.15, 0.2) is 0 Å². The third-order valence-electron chi connectivity index (χ3n) is 3.92. The van der Waals surface area contributed by atoms with Gasteiger partial charge in [0.05, 0.1) is 0 Å². The summed E-state index contributed by atoms with van der Waals surface area (Å²) in [5.74, 6) is 0.276. The molecule has 0 aromatic carbocycles. The fourth-order valence-electron chi connectivity index (χ4n) is 2.78. The molecule has 2 N–H and O–H groups in total. The summed E-state index contributed by atoms with van der Waals surface area (Å²) in [6.07, 6.45) is 7.07. The van der Waals surface area contributed by atoms with Crippen molar-refractivity contribution in [2.75, 3.05) is 19.7 Å². The van der Waals surface area contributed by atoms with Crippen molar-refractivity contribution in [1.29, 1.82) is 0 Å². The van der Waals surface area contributed by atoms with Gasteiger partial charge in [0.2, 0.25) is 11.8 Å². The van der Waals surface area contributed by atoms with Crippen LogP contribution in [-0.4, -0.2) is 37.6 Å². The lowest BCUT2D eigenvalue weighted by molar-refractivity contribution is -0.130. The normalized spacial score (nSPS) is 24.1. The van der Waals surface area contributed by atoms with Gasteiger partial charge in [0, 0.05) is 25.6 Å². The maximum Gasteiger partial charge on any atom is 0.249 e. The fraction of sp³-hybridized carbons (Fsp3) is 0.857. The molecule has 0 radical (unpaired) electrons. The molecule has 19 heavy (non-hydrogen) atoms. The Bertz CT molecular complexity index is 308. The van der Waals surface area contributed by atoms with Crippen molar-refractivity contribution in [3.05, 3.63) is 0 Å². The Labute approximate surface area is 114 Å². The molecule has 1 saturated carbocycles. The molecule has 0 aromatic rings. The second kappa shape index (κ2) is 7.48. The molecule has 2 amide bonds. The number of hydrogen-bond acceptors (Lipinski definition) is 3. The first-order valence-electron chi connectivity index (χ1n) is 7.44. The summed E-state index contributed by atoms with van der Waals surface area (Å²) in [6.45, 7) is 1.67. The van der Waals surface area contributed by atoms with Gasteiger partial charge in [-0.25, -0.2) is 0 Å². The van der Waals surface area contributed by atoms with Crippen molar-refractivity contribution in [2.45, 2.75) is 51.0 Å². The smallest absolute Gasteiger partial charge is 0.249 e. The summed E-state index contributed by atoms with van der Waals surface area (Å²) in [5, 5.41) is 5.71. The summed E-state index contributed by atoms with van der Waals surface area (Å²) >= 11 is 0. The first-order chi connectivity index (χ1) is 9.27. The molecular formula is C14H24N2O3. The van der Waals surface area contributed by atoms with E-state index in [4.69, 9.17) is 4.74 Å². The zero-order chi connectivity index (χ0) is 13.5. The van der Waals surface area contributed by atoms with Crippen LogP contribution < -0.4 is 10.6 Å². The molecule has 1 aliphatic carbocycles. The average molecular weight is 268 g/mol. The van der Waals surface area contributed by atoms with Crippen LogP contribution in [0.3, 0.4) is 0 Å². The molecular weight excluding hydrogens is 244 g/mol. The highest BCUT2D eigenvalue weighted by Crippen LogP contribution is 2.23. The van der Waals surface area contributed by atoms with Crippen molar-refractivity contribution in [3.8, 4) is 0 Å². The second-order valence-corrected chi connectivity index (χ2v) is 5.42. The molecule has 5 heteroatoms. The molecule has 5 nitrogen and oxygen atoms in total. The number of ether oxygens (including phenoxy) is 1. The molecule has 1 heterocycles. The zero-order valence-electron chi connectivity index (χ0n) is 11.5. The highest BCUT2D eigenvalue weighted by Gasteiger charge is 2.23. The summed E-state index contributed by atoms with van der Waals surface area (Å²) < 4.78 is 5.29. The summed E-state index contributed by atoms with van der Waals surface area (Å²) in [7, 11) is 0. The van der Waals surface area contributed by atoms with Crippen molar-refractivity contribution in [3.63, 3.8) is 0 Å². The number of rotatable bonds is 5. The summed E-state index contributed by atoms with van der Waals surface area (Å²) in [5.41, 5.74) is 0. The highest BCUT2D eigenvalue weighted by molar-refractivity contribution is 5.81. The Hall–Kier alpha value is -1.10. The van der Waals surface area contributed by atoms with Gasteiger partial charge in [-0.15, -0.1) is 0 Å². The van der Waals surface area contributed by atoms with Gasteiger partial charge in [-0.05, 0) is 25.7 Å². The third kappa shape index (κ3) is 4.49. The third-order valence-corrected chi connectivity index (χ3v) is 3.92. The predicted molar refractivity (Wildman–Crippen MR) is 71.6 cm³/mol. The summed E-state index contributed by atoms with van der Waals surface area (Å²) in [4.78, 5) is 23.5. The van der Waals surface area contributed by atoms with Gasteiger partial charge >= 0.3 is 0 Å². The van der Waals surface area contributed by atoms with Crippen LogP contribution in [-0.2, 0) is 14.3 Å². The van der Waals surface area contributed by atoms with E-state index in [9.17, 15) is 9.59 Å². The van der Waals surface area contributed by atoms with Gasteiger partial charge in [0.25, 0.3) is 0 Å². The molecule has 1 atom stereocenters. The highest BCUT2D eigenvalue weighted by atomic mass is 16.5. The van der Waals surface area contributed by atoms with Crippen LogP contribution in [0.4, 0.5) is 0 Å². The van der Waals surface area contributed by atoms with Crippen LogP contribution in [0.25, 0.3) is 0 Å². The SMILES string of the molecule is O=C(NCCNC(=O)C1CCCO1)C1CCCCC1. The molecule has 1 unspecified atom stereocenters. The molecule has 0 spiro atoms. The van der Waals surface area contributed by atoms with Gasteiger partial charge < -0.3 is 15.4 Å². The van der Waals surface area contributed by atoms with Crippen molar-refractivity contribution in [1.82, 2.24) is 10.6 Å². The zero-order valence-corrected chi connectivity index (χ0v) is 11.5. The quantitative estimate of drug-likeness (QED) is 0.730. The fourth-order valence-corrected chi connectivity index (χ4v) is 2.78. The lowest BCUT2D eigenvalue weighted by atomic mass is 9.89. The standard InChI is InChI=1S/C14H24N2O3/c17-13(11-5-2-1-3-6-11)15-8-9-16-14(18)12-7-4-10-19-12/h11-12H,1-10H2,(H,15,17)(H,16,18). The minimum Gasteiger partial charge on any atom is -0.368 e. The predicted octanol–water partition coefficient (Wildman–Crippen LogP) is 0.978. The first kappa shape index (κ1) is 14.3. The number of carbonyl (C=O) groups excluding carboxylic acids is 2. The molecule has 1 aliphatic heterocycles. The van der Waals surface area contributed by atoms with E-state index in [1.807, 2.05) is 0 Å². The maximum atomic E-state index is 11.9. The van der Waals surface area contributed by atoms with E-state index in [2.05, 4.69) is 10.6 Å². The van der Waals surface area contributed by atoms with Crippen LogP contribution in [0.2, 0.25) is 0 Å². The van der Waals surface area contributed by atoms with Crippen LogP contribution >= 0.6 is 0 Å². The van der Waals surface area contributed by atoms with Crippen molar-refractivity contribution >= 4 is 11.8 Å². The number of carbonyl (C=O) groups is 2. The maximum absolute atomic E-state index is 11.9. The summed E-state index contributed by atoms with van der Waals surface area (Å²) in [6, 6.07) is 0. The van der Waals surface area contributed by atoms with Crippen LogP contribution in [0.5, 0.6) is 0 Å². The van der Waals surface area contributed by atoms with E-state index < -0.39 is 0 Å². The van der Waals surface area contributed by atoms with Gasteiger partial charge in [0.1, 0.15) is 6.10 Å². The molecule has 2 rings (SSSR count). The minimum atomic E-state index is -0.283. The first-order valence-corrected chi connectivity index (χ1v) is 7.44. The monoisotopic (exact) mass is 268 g/mol. The van der Waals surface area contributed by atoms with Gasteiger partial charge in [-0.1, -0.05) is 19.3 Å². The lowest BCUT2D eigenvalue weighted by Gasteiger charge is -2.20. The molecule has 2 aliphatic rings. The van der Waals surface area contributed by atoms with Crippen LogP contribution in [0, 0.1) is 5.92 Å². The van der Waals surface area contributed by atoms with Crippen molar-refractivity contribution in [2.24, 2.45) is 5.92 Å². The molecule has 2 fully saturated rings. The van der Waals surface area contributed by atoms with E-state index in [-0.39, 0.29) is 23.8 Å². The van der Waals surface area contributed by atoms with E-state index in [1.165, 1.54) is 6.42 Å². The van der Waals surface area contributed by atoms with Crippen LogP contribution in [0.1, 0.15) is 44.9 Å². The lowest BCUT2D eigenvalue weighted by Crippen LogP contribution is -2.41. The van der Waals surface area contributed by atoms with Crippen LogP contribution in [0.15, 0.2) is 0 Å². The largest absolute Gasteiger partial charge is 0.368 e.